The number of hydrogen-bond acceptors (Lipinski definition) is 1. The average Bonchev–Trinajstić information content (AvgIpc) is 2.03. The van der Waals surface area contributed by atoms with Gasteiger partial charge < -0.3 is 0 Å². The highest BCUT2D eigenvalue weighted by atomic mass is 15.3. The Balaban J connectivity index is 2.64. The predicted octanol–water partition coefficient (Wildman–Crippen LogP) is 2.37. The molecule has 0 aliphatic heterocycles. The van der Waals surface area contributed by atoms with Gasteiger partial charge in [0.2, 0.25) is 0 Å². The Bertz CT molecular complexity index is 243. The first-order valence-corrected chi connectivity index (χ1v) is 3.11. The fourth-order valence-electron chi connectivity index (χ4n) is 0.633. The van der Waals surface area contributed by atoms with Crippen molar-refractivity contribution in [3.05, 3.63) is 35.3 Å². The van der Waals surface area contributed by atoms with E-state index in [4.69, 9.17) is 0 Å². The molecule has 0 aliphatic rings. The lowest BCUT2D eigenvalue weighted by atomic mass is 10.3. The molecular formula is C8H9N2+. The van der Waals surface area contributed by atoms with E-state index in [2.05, 4.69) is 16.4 Å². The van der Waals surface area contributed by atoms with E-state index >= 15 is 0 Å². The van der Waals surface area contributed by atoms with Crippen molar-refractivity contribution in [2.24, 2.45) is 0 Å². The van der Waals surface area contributed by atoms with E-state index in [0.717, 1.165) is 5.69 Å². The van der Waals surface area contributed by atoms with Gasteiger partial charge in [-0.15, -0.1) is 0 Å². The van der Waals surface area contributed by atoms with Gasteiger partial charge in [0.05, 0.1) is 11.9 Å². The second-order valence-electron chi connectivity index (χ2n) is 1.81. The van der Waals surface area contributed by atoms with Crippen LogP contribution < -0.4 is 5.43 Å². The van der Waals surface area contributed by atoms with Gasteiger partial charge in [-0.3, -0.25) is 0 Å². The Morgan fingerprint density at radius 2 is 2.00 bits per heavy atom. The maximum atomic E-state index is 3.74. The molecule has 0 saturated carbocycles. The summed E-state index contributed by atoms with van der Waals surface area (Å²) in [5.41, 5.74) is 3.79. The summed E-state index contributed by atoms with van der Waals surface area (Å²) in [6, 6.07) is 12.4. The van der Waals surface area contributed by atoms with Crippen molar-refractivity contribution < 1.29 is 0 Å². The van der Waals surface area contributed by atoms with Crippen molar-refractivity contribution in [2.45, 2.75) is 6.92 Å². The van der Waals surface area contributed by atoms with Gasteiger partial charge in [-0.25, -0.2) is 0 Å². The SMILES string of the molecule is CC#[N+]Nc1ccccc1. The van der Waals surface area contributed by atoms with Crippen LogP contribution in [0, 0.1) is 6.07 Å². The Morgan fingerprint density at radius 1 is 1.30 bits per heavy atom. The quantitative estimate of drug-likeness (QED) is 0.582. The van der Waals surface area contributed by atoms with Crippen molar-refractivity contribution in [3.8, 4) is 6.07 Å². The second kappa shape index (κ2) is 3.52. The van der Waals surface area contributed by atoms with E-state index in [9.17, 15) is 0 Å². The van der Waals surface area contributed by atoms with Crippen molar-refractivity contribution in [1.29, 1.82) is 0 Å². The molecule has 50 valence electrons. The number of nitrogens with one attached hydrogen (secondary N) is 1. The minimum atomic E-state index is 0.983. The Labute approximate surface area is 60.3 Å². The lowest BCUT2D eigenvalue weighted by Gasteiger charge is -1.84. The fraction of sp³-hybridized carbons (Fsp3) is 0.125. The highest BCUT2D eigenvalue weighted by molar-refractivity contribution is 5.43. The molecule has 0 fully saturated rings. The van der Waals surface area contributed by atoms with Gasteiger partial charge in [0.25, 0.3) is 0 Å². The van der Waals surface area contributed by atoms with Gasteiger partial charge in [0, 0.05) is 0 Å². The molecule has 1 aromatic rings. The normalized spacial score (nSPS) is 7.70. The minimum absolute atomic E-state index is 0.983. The van der Waals surface area contributed by atoms with Crippen molar-refractivity contribution in [2.75, 3.05) is 5.43 Å². The van der Waals surface area contributed by atoms with E-state index in [1.165, 1.54) is 0 Å². The largest absolute Gasteiger partial charge is 0.316 e. The molecule has 0 bridgehead atoms. The van der Waals surface area contributed by atoms with Crippen LogP contribution in [-0.2, 0) is 0 Å². The van der Waals surface area contributed by atoms with E-state index in [0.29, 0.717) is 0 Å². The molecule has 2 nitrogen and oxygen atoms in total. The number of nitrogens with zero attached hydrogens (tertiary/aromatic N) is 1. The monoisotopic (exact) mass is 133 g/mol. The molecule has 0 aromatic heterocycles. The lowest BCUT2D eigenvalue weighted by molar-refractivity contribution is 1.58. The van der Waals surface area contributed by atoms with Gasteiger partial charge in [-0.2, -0.15) is 0 Å². The van der Waals surface area contributed by atoms with Crippen LogP contribution in [0.15, 0.2) is 30.3 Å². The van der Waals surface area contributed by atoms with Gasteiger partial charge in [0.1, 0.15) is 5.69 Å². The van der Waals surface area contributed by atoms with Crippen LogP contribution in [0.1, 0.15) is 6.92 Å². The van der Waals surface area contributed by atoms with Crippen LogP contribution in [0.2, 0.25) is 0 Å². The summed E-state index contributed by atoms with van der Waals surface area (Å²) in [6.07, 6.45) is 0. The van der Waals surface area contributed by atoms with Gasteiger partial charge >= 0.3 is 6.07 Å². The maximum Gasteiger partial charge on any atom is 0.316 e. The standard InChI is InChI=1S/C8H9N2/c1-2-9-10-8-6-4-3-5-7-8/h3-7,10H,1H3/q+1. The molecule has 0 unspecified atom stereocenters. The minimum Gasteiger partial charge on any atom is -0.0621 e. The number of anilines is 1. The molecule has 2 heteroatoms. The lowest BCUT2D eigenvalue weighted by Crippen LogP contribution is -1.81. The Morgan fingerprint density at radius 3 is 2.60 bits per heavy atom. The van der Waals surface area contributed by atoms with Crippen LogP contribution in [0.5, 0.6) is 0 Å². The summed E-state index contributed by atoms with van der Waals surface area (Å²) in [4.78, 5) is 3.74. The van der Waals surface area contributed by atoms with Crippen molar-refractivity contribution in [3.63, 3.8) is 0 Å². The molecule has 0 amide bonds. The average molecular weight is 133 g/mol. The summed E-state index contributed by atoms with van der Waals surface area (Å²) >= 11 is 0. The molecular weight excluding hydrogens is 124 g/mol. The van der Waals surface area contributed by atoms with Crippen LogP contribution in [-0.4, -0.2) is 0 Å². The third-order valence-corrected chi connectivity index (χ3v) is 1.07. The van der Waals surface area contributed by atoms with E-state index < -0.39 is 0 Å². The summed E-state index contributed by atoms with van der Waals surface area (Å²) < 4.78 is 0. The van der Waals surface area contributed by atoms with Gasteiger partial charge in [-0.1, -0.05) is 18.2 Å². The molecule has 0 radical (unpaired) electrons. The molecule has 0 heterocycles. The molecule has 0 aliphatic carbocycles. The van der Waals surface area contributed by atoms with Crippen molar-refractivity contribution in [1.82, 2.24) is 0 Å². The number of hydrogen-bond donors (Lipinski definition) is 1. The van der Waals surface area contributed by atoms with Crippen LogP contribution in [0.3, 0.4) is 0 Å². The van der Waals surface area contributed by atoms with Gasteiger partial charge in [0.15, 0.2) is 0 Å². The first-order valence-electron chi connectivity index (χ1n) is 3.11. The Kier molecular flexibility index (Phi) is 2.33. The van der Waals surface area contributed by atoms with E-state index in [1.54, 1.807) is 6.92 Å². The zero-order chi connectivity index (χ0) is 7.23. The summed E-state index contributed by atoms with van der Waals surface area (Å²) in [6.45, 7) is 1.75. The Hall–Kier alpha value is -1.49. The molecule has 1 rings (SSSR count). The topological polar surface area (TPSA) is 16.4 Å². The molecule has 10 heavy (non-hydrogen) atoms. The van der Waals surface area contributed by atoms with Crippen LogP contribution in [0.4, 0.5) is 5.69 Å². The first kappa shape index (κ1) is 6.63. The van der Waals surface area contributed by atoms with Crippen LogP contribution in [0.25, 0.3) is 4.95 Å². The molecule has 0 saturated heterocycles. The zero-order valence-corrected chi connectivity index (χ0v) is 5.83. The first-order chi connectivity index (χ1) is 4.93. The van der Waals surface area contributed by atoms with E-state index in [-0.39, 0.29) is 0 Å². The highest BCUT2D eigenvalue weighted by Gasteiger charge is 1.89. The van der Waals surface area contributed by atoms with Crippen molar-refractivity contribution >= 4 is 5.69 Å². The van der Waals surface area contributed by atoms with E-state index in [1.807, 2.05) is 30.3 Å². The maximum absolute atomic E-state index is 3.74. The second-order valence-corrected chi connectivity index (χ2v) is 1.81. The third kappa shape index (κ3) is 1.79. The third-order valence-electron chi connectivity index (χ3n) is 1.07. The number of rotatable bonds is 1. The summed E-state index contributed by atoms with van der Waals surface area (Å²) in [7, 11) is 0. The smallest absolute Gasteiger partial charge is 0.0621 e. The summed E-state index contributed by atoms with van der Waals surface area (Å²) in [5, 5.41) is 0. The molecule has 0 spiro atoms. The molecule has 1 N–H and O–H groups in total. The number of benzene rings is 1. The van der Waals surface area contributed by atoms with Crippen LogP contribution >= 0.6 is 0 Å². The fourth-order valence-corrected chi connectivity index (χ4v) is 0.633. The summed E-state index contributed by atoms with van der Waals surface area (Å²) in [5.74, 6) is 0. The predicted molar refractivity (Wildman–Crippen MR) is 43.0 cm³/mol. The van der Waals surface area contributed by atoms with Gasteiger partial charge in [-0.05, 0) is 17.6 Å². The zero-order valence-electron chi connectivity index (χ0n) is 5.83. The molecule has 1 aromatic carbocycles. The molecule has 0 atom stereocenters. The number of para-hydroxylation sites is 1. The highest BCUT2D eigenvalue weighted by Crippen LogP contribution is 2.03.